The highest BCUT2D eigenvalue weighted by molar-refractivity contribution is 7.80. The van der Waals surface area contributed by atoms with Gasteiger partial charge in [0, 0.05) is 5.02 Å². The molecule has 0 spiro atoms. The monoisotopic (exact) mass is 323 g/mol. The molecule has 0 saturated heterocycles. The second-order valence-electron chi connectivity index (χ2n) is 4.69. The molecule has 1 aromatic rings. The fourth-order valence-electron chi connectivity index (χ4n) is 1.93. The number of benzene rings is 1. The fourth-order valence-corrected chi connectivity index (χ4v) is 2.21. The second kappa shape index (κ2) is 5.87. The van der Waals surface area contributed by atoms with Crippen LogP contribution in [-0.2, 0) is 4.79 Å². The van der Waals surface area contributed by atoms with Crippen LogP contribution in [0.15, 0.2) is 27.5 Å². The Kier molecular flexibility index (Phi) is 4.34. The molecule has 1 heterocycles. The van der Waals surface area contributed by atoms with Gasteiger partial charge in [0.15, 0.2) is 11.2 Å². The van der Waals surface area contributed by atoms with Crippen LogP contribution >= 0.6 is 23.8 Å². The molecule has 0 aromatic heterocycles. The molecule has 1 aromatic carbocycles. The number of hydrazone groups is 1. The Morgan fingerprint density at radius 1 is 1.43 bits per heavy atom. The van der Waals surface area contributed by atoms with E-state index in [1.165, 1.54) is 0 Å². The van der Waals surface area contributed by atoms with Crippen LogP contribution in [-0.4, -0.2) is 27.8 Å². The molecule has 6 nitrogen and oxygen atoms in total. The fraction of sp³-hybridized carbons (Fsp3) is 0.308. The van der Waals surface area contributed by atoms with E-state index >= 15 is 0 Å². The van der Waals surface area contributed by atoms with Gasteiger partial charge in [-0.3, -0.25) is 4.79 Å². The molecule has 1 aliphatic rings. The lowest BCUT2D eigenvalue weighted by Crippen LogP contribution is -2.37. The van der Waals surface area contributed by atoms with Gasteiger partial charge in [-0.15, -0.1) is 0 Å². The number of hydrogen-bond donors (Lipinski definition) is 1. The maximum absolute atomic E-state index is 12.1. The Hall–Kier alpha value is -1.86. The van der Waals surface area contributed by atoms with E-state index in [4.69, 9.17) is 29.6 Å². The highest BCUT2D eigenvalue weighted by Crippen LogP contribution is 2.30. The smallest absolute Gasteiger partial charge is 0.282 e. The normalized spacial score (nSPS) is 18.5. The van der Waals surface area contributed by atoms with Crippen molar-refractivity contribution in [1.82, 2.24) is 5.01 Å². The quantitative estimate of drug-likeness (QED) is 0.671. The van der Waals surface area contributed by atoms with E-state index in [9.17, 15) is 4.79 Å². The number of nitrogens with zero attached hydrogens (tertiary/aromatic N) is 4. The summed E-state index contributed by atoms with van der Waals surface area (Å²) in [5.41, 5.74) is 8.31. The SMILES string of the molecule is CC1=NN(C(N)=S)C(=O)C1N=Nc1c(C)ccc(Cl)c1C. The molecule has 1 amide bonds. The van der Waals surface area contributed by atoms with E-state index in [-0.39, 0.29) is 5.11 Å². The highest BCUT2D eigenvalue weighted by atomic mass is 35.5. The first-order valence-electron chi connectivity index (χ1n) is 6.18. The van der Waals surface area contributed by atoms with Crippen LogP contribution < -0.4 is 5.73 Å². The average molecular weight is 324 g/mol. The minimum Gasteiger partial charge on any atom is -0.374 e. The van der Waals surface area contributed by atoms with Gasteiger partial charge >= 0.3 is 0 Å². The third-order valence-corrected chi connectivity index (χ3v) is 3.73. The van der Waals surface area contributed by atoms with Gasteiger partial charge in [-0.25, -0.2) is 0 Å². The van der Waals surface area contributed by atoms with E-state index in [0.29, 0.717) is 16.4 Å². The first kappa shape index (κ1) is 15.5. The van der Waals surface area contributed by atoms with Gasteiger partial charge in [-0.1, -0.05) is 17.7 Å². The average Bonchev–Trinajstić information content (AvgIpc) is 2.70. The summed E-state index contributed by atoms with van der Waals surface area (Å²) in [6.07, 6.45) is 0. The summed E-state index contributed by atoms with van der Waals surface area (Å²) in [4.78, 5) is 12.1. The first-order chi connectivity index (χ1) is 9.82. The Bertz CT molecular complexity index is 685. The van der Waals surface area contributed by atoms with Crippen LogP contribution in [0.3, 0.4) is 0 Å². The Labute approximate surface area is 132 Å². The minimum atomic E-state index is -0.802. The van der Waals surface area contributed by atoms with Gasteiger partial charge in [-0.2, -0.15) is 20.3 Å². The van der Waals surface area contributed by atoms with Gasteiger partial charge in [0.2, 0.25) is 0 Å². The maximum Gasteiger partial charge on any atom is 0.282 e. The summed E-state index contributed by atoms with van der Waals surface area (Å²) in [5, 5.41) is 13.7. The van der Waals surface area contributed by atoms with E-state index in [0.717, 1.165) is 16.1 Å². The van der Waals surface area contributed by atoms with E-state index in [2.05, 4.69) is 15.3 Å². The van der Waals surface area contributed by atoms with E-state index < -0.39 is 11.9 Å². The number of amides is 1. The summed E-state index contributed by atoms with van der Waals surface area (Å²) < 4.78 is 0. The van der Waals surface area contributed by atoms with Gasteiger partial charge in [0.1, 0.15) is 0 Å². The zero-order chi connectivity index (χ0) is 15.7. The Balaban J connectivity index is 2.31. The number of carbonyl (C=O) groups excluding carboxylic acids is 1. The summed E-state index contributed by atoms with van der Waals surface area (Å²) in [6, 6.07) is 2.85. The van der Waals surface area contributed by atoms with Crippen molar-refractivity contribution in [1.29, 1.82) is 0 Å². The predicted octanol–water partition coefficient (Wildman–Crippen LogP) is 2.87. The van der Waals surface area contributed by atoms with Crippen LogP contribution in [0.4, 0.5) is 5.69 Å². The van der Waals surface area contributed by atoms with E-state index in [1.54, 1.807) is 13.0 Å². The lowest BCUT2D eigenvalue weighted by molar-refractivity contribution is -0.126. The van der Waals surface area contributed by atoms with Gasteiger partial charge in [-0.05, 0) is 50.2 Å². The zero-order valence-electron chi connectivity index (χ0n) is 11.8. The zero-order valence-corrected chi connectivity index (χ0v) is 13.4. The third-order valence-electron chi connectivity index (χ3n) is 3.14. The maximum atomic E-state index is 12.1. The van der Waals surface area contributed by atoms with Crippen molar-refractivity contribution in [3.8, 4) is 0 Å². The van der Waals surface area contributed by atoms with Crippen LogP contribution in [0.5, 0.6) is 0 Å². The number of halogens is 1. The lowest BCUT2D eigenvalue weighted by Gasteiger charge is -2.09. The molecule has 1 aliphatic heterocycles. The van der Waals surface area contributed by atoms with Crippen molar-refractivity contribution in [2.24, 2.45) is 21.1 Å². The molecule has 1 atom stereocenters. The molecule has 0 fully saturated rings. The molecule has 21 heavy (non-hydrogen) atoms. The number of rotatable bonds is 2. The molecule has 0 aliphatic carbocycles. The standard InChI is InChI=1S/C13H14ClN5OS/c1-6-4-5-9(14)7(2)10(6)16-17-11-8(3)18-19(12(11)20)13(15)21/h4-5,11H,1-3H3,(H2,15,21). The Morgan fingerprint density at radius 3 is 2.67 bits per heavy atom. The second-order valence-corrected chi connectivity index (χ2v) is 5.51. The van der Waals surface area contributed by atoms with Gasteiger partial charge in [0.25, 0.3) is 5.91 Å². The van der Waals surface area contributed by atoms with E-state index in [1.807, 2.05) is 19.9 Å². The predicted molar refractivity (Wildman–Crippen MR) is 86.0 cm³/mol. The summed E-state index contributed by atoms with van der Waals surface area (Å²) in [5.74, 6) is -0.402. The molecule has 110 valence electrons. The van der Waals surface area contributed by atoms with Crippen molar-refractivity contribution in [2.75, 3.05) is 0 Å². The van der Waals surface area contributed by atoms with Crippen LogP contribution in [0.1, 0.15) is 18.1 Å². The molecule has 2 rings (SSSR count). The third kappa shape index (κ3) is 2.93. The number of thiocarbonyl (C=S) groups is 1. The lowest BCUT2D eigenvalue weighted by atomic mass is 10.1. The van der Waals surface area contributed by atoms with Crippen molar-refractivity contribution < 1.29 is 4.79 Å². The summed E-state index contributed by atoms with van der Waals surface area (Å²) in [6.45, 7) is 5.43. The van der Waals surface area contributed by atoms with Gasteiger partial charge < -0.3 is 5.73 Å². The number of hydrogen-bond acceptors (Lipinski definition) is 5. The molecular formula is C13H14ClN5OS. The molecule has 1 unspecified atom stereocenters. The minimum absolute atomic E-state index is 0.104. The number of azo groups is 1. The first-order valence-corrected chi connectivity index (χ1v) is 6.96. The number of aryl methyl sites for hydroxylation is 1. The summed E-state index contributed by atoms with van der Waals surface area (Å²) in [7, 11) is 0. The van der Waals surface area contributed by atoms with Gasteiger partial charge in [0.05, 0.1) is 11.4 Å². The van der Waals surface area contributed by atoms with Crippen molar-refractivity contribution in [3.05, 3.63) is 28.3 Å². The molecule has 8 heteroatoms. The highest BCUT2D eigenvalue weighted by Gasteiger charge is 2.35. The van der Waals surface area contributed by atoms with Crippen LogP contribution in [0.2, 0.25) is 5.02 Å². The van der Waals surface area contributed by atoms with Crippen LogP contribution in [0.25, 0.3) is 0 Å². The summed E-state index contributed by atoms with van der Waals surface area (Å²) >= 11 is 10.8. The molecule has 2 N–H and O–H groups in total. The number of nitrogens with two attached hydrogens (primary N) is 1. The largest absolute Gasteiger partial charge is 0.374 e. The van der Waals surface area contributed by atoms with Crippen molar-refractivity contribution in [3.63, 3.8) is 0 Å². The molecule has 0 bridgehead atoms. The van der Waals surface area contributed by atoms with Crippen molar-refractivity contribution in [2.45, 2.75) is 26.8 Å². The molecule has 0 saturated carbocycles. The number of carbonyl (C=O) groups is 1. The molecular weight excluding hydrogens is 310 g/mol. The molecule has 0 radical (unpaired) electrons. The van der Waals surface area contributed by atoms with Crippen molar-refractivity contribution >= 4 is 46.2 Å². The van der Waals surface area contributed by atoms with Crippen LogP contribution in [0, 0.1) is 13.8 Å². The topological polar surface area (TPSA) is 83.4 Å². The Morgan fingerprint density at radius 2 is 2.10 bits per heavy atom.